The summed E-state index contributed by atoms with van der Waals surface area (Å²) >= 11 is 7.17. The third-order valence-electron chi connectivity index (χ3n) is 3.10. The van der Waals surface area contributed by atoms with Crippen molar-refractivity contribution >= 4 is 37.5 Å². The van der Waals surface area contributed by atoms with E-state index in [0.29, 0.717) is 6.04 Å². The van der Waals surface area contributed by atoms with E-state index >= 15 is 0 Å². The van der Waals surface area contributed by atoms with Gasteiger partial charge in [-0.25, -0.2) is 0 Å². The van der Waals surface area contributed by atoms with Crippen LogP contribution in [0.5, 0.6) is 0 Å². The Labute approximate surface area is 107 Å². The van der Waals surface area contributed by atoms with Crippen LogP contribution >= 0.6 is 31.9 Å². The number of hydrogen-bond acceptors (Lipinski definition) is 2. The van der Waals surface area contributed by atoms with E-state index in [4.69, 9.17) is 0 Å². The number of rotatable bonds is 2. The Morgan fingerprint density at radius 3 is 3.07 bits per heavy atom. The van der Waals surface area contributed by atoms with E-state index in [9.17, 15) is 0 Å². The number of halogens is 2. The monoisotopic (exact) mass is 332 g/mol. The number of aromatic nitrogens is 1. The van der Waals surface area contributed by atoms with Gasteiger partial charge in [-0.2, -0.15) is 0 Å². The van der Waals surface area contributed by atoms with Crippen molar-refractivity contribution in [3.8, 4) is 0 Å². The molecule has 0 aromatic carbocycles. The van der Waals surface area contributed by atoms with Crippen LogP contribution in [0.4, 0.5) is 5.69 Å². The van der Waals surface area contributed by atoms with Crippen LogP contribution in [0.25, 0.3) is 0 Å². The molecule has 1 aromatic heterocycles. The average Bonchev–Trinajstić information content (AvgIpc) is 2.60. The van der Waals surface area contributed by atoms with Crippen LogP contribution in [0.1, 0.15) is 13.3 Å². The zero-order chi connectivity index (χ0) is 10.8. The molecule has 0 saturated carbocycles. The Morgan fingerprint density at radius 1 is 1.60 bits per heavy atom. The van der Waals surface area contributed by atoms with Gasteiger partial charge in [0.2, 0.25) is 0 Å². The van der Waals surface area contributed by atoms with Crippen LogP contribution in [0.15, 0.2) is 22.9 Å². The first-order chi connectivity index (χ1) is 7.24. The molecule has 1 saturated heterocycles. The number of pyridine rings is 1. The Morgan fingerprint density at radius 2 is 2.40 bits per heavy atom. The second kappa shape index (κ2) is 4.83. The molecule has 2 nitrogen and oxygen atoms in total. The molecule has 0 radical (unpaired) electrons. The van der Waals surface area contributed by atoms with Gasteiger partial charge in [0.1, 0.15) is 0 Å². The molecule has 82 valence electrons. The fourth-order valence-electron chi connectivity index (χ4n) is 2.14. The second-order valence-corrected chi connectivity index (χ2v) is 5.51. The Kier molecular flexibility index (Phi) is 3.67. The summed E-state index contributed by atoms with van der Waals surface area (Å²) in [6, 6.07) is 2.68. The highest BCUT2D eigenvalue weighted by molar-refractivity contribution is 9.10. The molecule has 0 N–H and O–H groups in total. The average molecular weight is 334 g/mol. The van der Waals surface area contributed by atoms with Gasteiger partial charge >= 0.3 is 0 Å². The normalized spacial score (nSPS) is 25.9. The molecule has 2 atom stereocenters. The van der Waals surface area contributed by atoms with Gasteiger partial charge in [0.05, 0.1) is 10.2 Å². The van der Waals surface area contributed by atoms with Crippen molar-refractivity contribution in [1.82, 2.24) is 4.98 Å². The number of hydrogen-bond donors (Lipinski definition) is 0. The van der Waals surface area contributed by atoms with Crippen LogP contribution in [0.2, 0.25) is 0 Å². The van der Waals surface area contributed by atoms with E-state index in [2.05, 4.69) is 54.7 Å². The molecule has 4 heteroatoms. The van der Waals surface area contributed by atoms with Gasteiger partial charge < -0.3 is 4.90 Å². The van der Waals surface area contributed by atoms with Gasteiger partial charge in [0, 0.05) is 30.3 Å². The Hall–Kier alpha value is -0.0900. The largest absolute Gasteiger partial charge is 0.366 e. The minimum Gasteiger partial charge on any atom is -0.366 e. The molecule has 2 rings (SSSR count). The molecule has 0 aliphatic carbocycles. The van der Waals surface area contributed by atoms with E-state index in [1.807, 2.05) is 12.4 Å². The van der Waals surface area contributed by atoms with Crippen LogP contribution in [-0.2, 0) is 0 Å². The first kappa shape index (κ1) is 11.4. The van der Waals surface area contributed by atoms with Gasteiger partial charge in [-0.15, -0.1) is 0 Å². The summed E-state index contributed by atoms with van der Waals surface area (Å²) in [4.78, 5) is 6.56. The maximum absolute atomic E-state index is 4.10. The smallest absolute Gasteiger partial charge is 0.0592 e. The number of alkyl halides is 1. The van der Waals surface area contributed by atoms with Gasteiger partial charge in [0.25, 0.3) is 0 Å². The fraction of sp³-hybridized carbons (Fsp3) is 0.545. The summed E-state index contributed by atoms with van der Waals surface area (Å²) in [5.74, 6) is 0.754. The van der Waals surface area contributed by atoms with Gasteiger partial charge in [0.15, 0.2) is 0 Å². The van der Waals surface area contributed by atoms with Crippen LogP contribution < -0.4 is 4.90 Å². The standard InChI is InChI=1S/C11H14Br2N2/c1-8-3-5-15(11(8)6-12)10-2-4-14-7-9(10)13/h2,4,7-8,11H,3,5-6H2,1H3. The predicted octanol–water partition coefficient (Wildman–Crippen LogP) is 3.45. The van der Waals surface area contributed by atoms with Gasteiger partial charge in [-0.3, -0.25) is 4.98 Å². The summed E-state index contributed by atoms with van der Waals surface area (Å²) < 4.78 is 1.09. The molecule has 15 heavy (non-hydrogen) atoms. The van der Waals surface area contributed by atoms with E-state index in [0.717, 1.165) is 22.3 Å². The van der Waals surface area contributed by atoms with Crippen molar-refractivity contribution in [2.24, 2.45) is 5.92 Å². The third-order valence-corrected chi connectivity index (χ3v) is 4.38. The lowest BCUT2D eigenvalue weighted by Crippen LogP contribution is -2.33. The topological polar surface area (TPSA) is 16.1 Å². The predicted molar refractivity (Wildman–Crippen MR) is 70.6 cm³/mol. The molecule has 1 aromatic rings. The zero-order valence-corrected chi connectivity index (χ0v) is 11.8. The molecule has 0 spiro atoms. The highest BCUT2D eigenvalue weighted by Gasteiger charge is 2.31. The molecule has 1 aliphatic rings. The van der Waals surface area contributed by atoms with Crippen molar-refractivity contribution in [2.75, 3.05) is 16.8 Å². The third kappa shape index (κ3) is 2.21. The highest BCUT2D eigenvalue weighted by atomic mass is 79.9. The van der Waals surface area contributed by atoms with Crippen LogP contribution in [0.3, 0.4) is 0 Å². The van der Waals surface area contributed by atoms with E-state index in [1.165, 1.54) is 12.1 Å². The van der Waals surface area contributed by atoms with Gasteiger partial charge in [-0.1, -0.05) is 22.9 Å². The van der Waals surface area contributed by atoms with Crippen molar-refractivity contribution in [2.45, 2.75) is 19.4 Å². The quantitative estimate of drug-likeness (QED) is 0.770. The summed E-state index contributed by atoms with van der Waals surface area (Å²) in [5, 5.41) is 1.03. The molecule has 2 unspecified atom stereocenters. The minimum absolute atomic E-state index is 0.601. The second-order valence-electron chi connectivity index (χ2n) is 4.01. The molecular formula is C11H14Br2N2. The molecule has 1 fully saturated rings. The van der Waals surface area contributed by atoms with Gasteiger partial charge in [-0.05, 0) is 34.3 Å². The maximum Gasteiger partial charge on any atom is 0.0592 e. The van der Waals surface area contributed by atoms with E-state index in [-0.39, 0.29) is 0 Å². The van der Waals surface area contributed by atoms with Crippen molar-refractivity contribution in [3.63, 3.8) is 0 Å². The van der Waals surface area contributed by atoms with Crippen LogP contribution in [-0.4, -0.2) is 22.9 Å². The molecule has 2 heterocycles. The number of nitrogens with zero attached hydrogens (tertiary/aromatic N) is 2. The van der Waals surface area contributed by atoms with Crippen molar-refractivity contribution < 1.29 is 0 Å². The molecule has 1 aliphatic heterocycles. The zero-order valence-electron chi connectivity index (χ0n) is 8.66. The van der Waals surface area contributed by atoms with E-state index in [1.54, 1.807) is 0 Å². The van der Waals surface area contributed by atoms with Crippen molar-refractivity contribution in [3.05, 3.63) is 22.9 Å². The summed E-state index contributed by atoms with van der Waals surface area (Å²) in [5.41, 5.74) is 1.26. The summed E-state index contributed by atoms with van der Waals surface area (Å²) in [6.45, 7) is 3.46. The lowest BCUT2D eigenvalue weighted by molar-refractivity contribution is 0.554. The Balaban J connectivity index is 2.28. The highest BCUT2D eigenvalue weighted by Crippen LogP contribution is 2.34. The minimum atomic E-state index is 0.601. The first-order valence-electron chi connectivity index (χ1n) is 5.16. The van der Waals surface area contributed by atoms with E-state index < -0.39 is 0 Å². The lowest BCUT2D eigenvalue weighted by atomic mass is 10.1. The first-order valence-corrected chi connectivity index (χ1v) is 7.07. The fourth-order valence-corrected chi connectivity index (χ4v) is 3.61. The number of anilines is 1. The van der Waals surface area contributed by atoms with Crippen molar-refractivity contribution in [1.29, 1.82) is 0 Å². The maximum atomic E-state index is 4.10. The molecule has 0 bridgehead atoms. The SMILES string of the molecule is CC1CCN(c2ccncc2Br)C1CBr. The Bertz CT molecular complexity index is 343. The summed E-state index contributed by atoms with van der Waals surface area (Å²) in [7, 11) is 0. The van der Waals surface area contributed by atoms with Crippen LogP contribution in [0, 0.1) is 5.92 Å². The molecule has 0 amide bonds. The molecular weight excluding hydrogens is 320 g/mol. The summed E-state index contributed by atoms with van der Waals surface area (Å²) in [6.07, 6.45) is 4.99. The lowest BCUT2D eigenvalue weighted by Gasteiger charge is -2.28.